The smallest absolute Gasteiger partial charge is 0.0975 e. The fourth-order valence-electron chi connectivity index (χ4n) is 2.39. The Balaban J connectivity index is 2.10. The number of thiazole rings is 1. The summed E-state index contributed by atoms with van der Waals surface area (Å²) in [5.74, 6) is 0. The summed E-state index contributed by atoms with van der Waals surface area (Å²) in [7, 11) is 0. The highest BCUT2D eigenvalue weighted by Crippen LogP contribution is 2.26. The first kappa shape index (κ1) is 15.2. The number of rotatable bonds is 6. The molecule has 2 nitrogen and oxygen atoms in total. The van der Waals surface area contributed by atoms with E-state index in [2.05, 4.69) is 57.3 Å². The Bertz CT molecular complexity index is 560. The molecule has 1 unspecified atom stereocenters. The molecule has 1 heterocycles. The molecular formula is C17H24N2S. The van der Waals surface area contributed by atoms with E-state index in [4.69, 9.17) is 4.98 Å². The first-order valence-electron chi connectivity index (χ1n) is 7.35. The Labute approximate surface area is 126 Å². The lowest BCUT2D eigenvalue weighted by atomic mass is 10.1. The summed E-state index contributed by atoms with van der Waals surface area (Å²) in [5.41, 5.74) is 3.84. The van der Waals surface area contributed by atoms with E-state index in [1.807, 2.05) is 11.3 Å². The minimum atomic E-state index is 0.402. The third-order valence-corrected chi connectivity index (χ3v) is 4.75. The summed E-state index contributed by atoms with van der Waals surface area (Å²) >= 11 is 1.85. The van der Waals surface area contributed by atoms with E-state index in [0.29, 0.717) is 6.04 Å². The second-order valence-corrected chi connectivity index (χ2v) is 6.51. The molecule has 0 spiro atoms. The quantitative estimate of drug-likeness (QED) is 0.851. The predicted octanol–water partition coefficient (Wildman–Crippen LogP) is 4.41. The van der Waals surface area contributed by atoms with Gasteiger partial charge in [-0.05, 0) is 39.3 Å². The highest BCUT2D eigenvalue weighted by atomic mass is 32.1. The van der Waals surface area contributed by atoms with E-state index in [1.54, 1.807) is 0 Å². The average molecular weight is 288 g/mol. The van der Waals surface area contributed by atoms with Gasteiger partial charge in [0.1, 0.15) is 0 Å². The molecular weight excluding hydrogens is 264 g/mol. The van der Waals surface area contributed by atoms with Crippen LogP contribution in [0.4, 0.5) is 0 Å². The van der Waals surface area contributed by atoms with Crippen molar-refractivity contribution in [2.24, 2.45) is 0 Å². The van der Waals surface area contributed by atoms with Crippen LogP contribution >= 0.6 is 11.3 Å². The van der Waals surface area contributed by atoms with E-state index >= 15 is 0 Å². The van der Waals surface area contributed by atoms with Crippen molar-refractivity contribution < 1.29 is 0 Å². The van der Waals surface area contributed by atoms with Gasteiger partial charge in [0.05, 0.1) is 10.7 Å². The SMILES string of the molecule is CCCNC(C)c1sc(Cc2cccc(C)c2)nc1C. The molecule has 108 valence electrons. The first-order valence-corrected chi connectivity index (χ1v) is 8.17. The Kier molecular flexibility index (Phi) is 5.32. The molecule has 1 atom stereocenters. The van der Waals surface area contributed by atoms with Crippen LogP contribution in [-0.2, 0) is 6.42 Å². The largest absolute Gasteiger partial charge is 0.309 e. The molecule has 1 N–H and O–H groups in total. The standard InChI is InChI=1S/C17H24N2S/c1-5-9-18-13(3)17-14(4)19-16(20-17)11-15-8-6-7-12(2)10-15/h6-8,10,13,18H,5,9,11H2,1-4H3. The number of hydrogen-bond donors (Lipinski definition) is 1. The molecule has 0 aliphatic carbocycles. The second kappa shape index (κ2) is 7.00. The molecule has 0 saturated heterocycles. The lowest BCUT2D eigenvalue weighted by Crippen LogP contribution is -2.18. The topological polar surface area (TPSA) is 24.9 Å². The fourth-order valence-corrected chi connectivity index (χ4v) is 3.52. The molecule has 1 aromatic carbocycles. The lowest BCUT2D eigenvalue weighted by Gasteiger charge is -2.11. The van der Waals surface area contributed by atoms with Crippen molar-refractivity contribution in [2.45, 2.75) is 46.6 Å². The van der Waals surface area contributed by atoms with E-state index in [-0.39, 0.29) is 0 Å². The van der Waals surface area contributed by atoms with Crippen molar-refractivity contribution in [3.8, 4) is 0 Å². The minimum Gasteiger partial charge on any atom is -0.309 e. The molecule has 0 amide bonds. The minimum absolute atomic E-state index is 0.402. The highest BCUT2D eigenvalue weighted by Gasteiger charge is 2.13. The molecule has 20 heavy (non-hydrogen) atoms. The maximum absolute atomic E-state index is 4.74. The highest BCUT2D eigenvalue weighted by molar-refractivity contribution is 7.11. The summed E-state index contributed by atoms with van der Waals surface area (Å²) in [5, 5.41) is 4.76. The Hall–Kier alpha value is -1.19. The van der Waals surface area contributed by atoms with Crippen LogP contribution in [0.5, 0.6) is 0 Å². The van der Waals surface area contributed by atoms with Crippen molar-refractivity contribution in [3.05, 3.63) is 51.0 Å². The molecule has 1 aromatic heterocycles. The normalized spacial score (nSPS) is 12.6. The van der Waals surface area contributed by atoms with E-state index in [0.717, 1.165) is 13.0 Å². The predicted molar refractivity (Wildman–Crippen MR) is 87.5 cm³/mol. The zero-order valence-electron chi connectivity index (χ0n) is 12.9. The Morgan fingerprint density at radius 1 is 1.30 bits per heavy atom. The first-order chi connectivity index (χ1) is 9.60. The molecule has 3 heteroatoms. The van der Waals surface area contributed by atoms with E-state index in [9.17, 15) is 0 Å². The number of aryl methyl sites for hydroxylation is 2. The number of nitrogens with one attached hydrogen (secondary N) is 1. The van der Waals surface area contributed by atoms with Gasteiger partial charge in [-0.15, -0.1) is 11.3 Å². The number of hydrogen-bond acceptors (Lipinski definition) is 3. The zero-order chi connectivity index (χ0) is 14.5. The summed E-state index contributed by atoms with van der Waals surface area (Å²) < 4.78 is 0. The average Bonchev–Trinajstić information content (AvgIpc) is 2.77. The van der Waals surface area contributed by atoms with Crippen molar-refractivity contribution in [3.63, 3.8) is 0 Å². The van der Waals surface area contributed by atoms with Crippen molar-refractivity contribution in [1.29, 1.82) is 0 Å². The van der Waals surface area contributed by atoms with Crippen LogP contribution in [0.3, 0.4) is 0 Å². The molecule has 2 aromatic rings. The molecule has 0 aliphatic heterocycles. The summed E-state index contributed by atoms with van der Waals surface area (Å²) in [4.78, 5) is 6.12. The van der Waals surface area contributed by atoms with E-state index < -0.39 is 0 Å². The van der Waals surface area contributed by atoms with E-state index in [1.165, 1.54) is 33.1 Å². The van der Waals surface area contributed by atoms with Gasteiger partial charge in [-0.1, -0.05) is 36.8 Å². The van der Waals surface area contributed by atoms with Crippen LogP contribution in [0.2, 0.25) is 0 Å². The maximum Gasteiger partial charge on any atom is 0.0975 e. The van der Waals surface area contributed by atoms with Crippen LogP contribution in [0.15, 0.2) is 24.3 Å². The molecule has 0 fully saturated rings. The van der Waals surface area contributed by atoms with Gasteiger partial charge < -0.3 is 5.32 Å². The van der Waals surface area contributed by atoms with Gasteiger partial charge in [0.15, 0.2) is 0 Å². The van der Waals surface area contributed by atoms with Crippen molar-refractivity contribution in [2.75, 3.05) is 6.54 Å². The van der Waals surface area contributed by atoms with Gasteiger partial charge in [-0.25, -0.2) is 4.98 Å². The van der Waals surface area contributed by atoms with Crippen molar-refractivity contribution >= 4 is 11.3 Å². The third kappa shape index (κ3) is 3.90. The van der Waals surface area contributed by atoms with Gasteiger partial charge in [0.2, 0.25) is 0 Å². The van der Waals surface area contributed by atoms with Crippen LogP contribution in [0, 0.1) is 13.8 Å². The monoisotopic (exact) mass is 288 g/mol. The summed E-state index contributed by atoms with van der Waals surface area (Å²) in [6.07, 6.45) is 2.10. The van der Waals surface area contributed by atoms with Gasteiger partial charge in [0.25, 0.3) is 0 Å². The Morgan fingerprint density at radius 3 is 2.80 bits per heavy atom. The van der Waals surface area contributed by atoms with Gasteiger partial charge in [-0.3, -0.25) is 0 Å². The number of aromatic nitrogens is 1. The number of benzene rings is 1. The van der Waals surface area contributed by atoms with Crippen molar-refractivity contribution in [1.82, 2.24) is 10.3 Å². The summed E-state index contributed by atoms with van der Waals surface area (Å²) in [6.45, 7) is 9.75. The summed E-state index contributed by atoms with van der Waals surface area (Å²) in [6, 6.07) is 9.09. The fraction of sp³-hybridized carbons (Fsp3) is 0.471. The van der Waals surface area contributed by atoms with Crippen LogP contribution in [0.1, 0.15) is 53.0 Å². The van der Waals surface area contributed by atoms with Crippen LogP contribution in [0.25, 0.3) is 0 Å². The number of nitrogens with zero attached hydrogens (tertiary/aromatic N) is 1. The van der Waals surface area contributed by atoms with Gasteiger partial charge in [0, 0.05) is 17.3 Å². The van der Waals surface area contributed by atoms with Crippen LogP contribution in [-0.4, -0.2) is 11.5 Å². The Morgan fingerprint density at radius 2 is 2.10 bits per heavy atom. The molecule has 0 bridgehead atoms. The third-order valence-electron chi connectivity index (χ3n) is 3.41. The zero-order valence-corrected chi connectivity index (χ0v) is 13.7. The molecule has 0 saturated carbocycles. The molecule has 2 rings (SSSR count). The molecule has 0 radical (unpaired) electrons. The lowest BCUT2D eigenvalue weighted by molar-refractivity contribution is 0.575. The molecule has 0 aliphatic rings. The maximum atomic E-state index is 4.74. The second-order valence-electron chi connectivity index (χ2n) is 5.40. The van der Waals surface area contributed by atoms with Crippen LogP contribution < -0.4 is 5.32 Å². The van der Waals surface area contributed by atoms with Gasteiger partial charge in [-0.2, -0.15) is 0 Å². The van der Waals surface area contributed by atoms with Gasteiger partial charge >= 0.3 is 0 Å².